The minimum absolute atomic E-state index is 0.00396. The van der Waals surface area contributed by atoms with Crippen molar-refractivity contribution >= 4 is 39.1 Å². The summed E-state index contributed by atoms with van der Waals surface area (Å²) in [6.45, 7) is -0.00396. The Morgan fingerprint density at radius 2 is 1.74 bits per heavy atom. The summed E-state index contributed by atoms with van der Waals surface area (Å²) >= 11 is 12.0. The van der Waals surface area contributed by atoms with Gasteiger partial charge in [-0.05, 0) is 43.4 Å². The minimum Gasteiger partial charge on any atom is -0.439 e. The Morgan fingerprint density at radius 1 is 1.03 bits per heavy atom. The predicted molar refractivity (Wildman–Crippen MR) is 121 cm³/mol. The highest BCUT2D eigenvalue weighted by atomic mass is 35.5. The fraction of sp³-hybridized carbons (Fsp3) is 0.143. The lowest BCUT2D eigenvalue weighted by Crippen LogP contribution is -2.32. The molecule has 0 saturated heterocycles. The molecule has 3 rings (SSSR count). The lowest BCUT2D eigenvalue weighted by molar-refractivity contribution is 0.0956. The Kier molecular flexibility index (Phi) is 7.50. The van der Waals surface area contributed by atoms with Gasteiger partial charge in [0, 0.05) is 33.8 Å². The summed E-state index contributed by atoms with van der Waals surface area (Å²) in [5.41, 5.74) is 1.68. The number of halogens is 2. The Morgan fingerprint density at radius 3 is 2.45 bits per heavy atom. The molecule has 0 bridgehead atoms. The molecule has 0 aliphatic carbocycles. The average Bonchev–Trinajstić information content (AvgIpc) is 2.73. The standard InChI is InChI=1S/C21H19Cl2N3O4S/c1-24-31(28,29)9-8-25-21(27)15-5-2-4-14(10-15)19-6-3-7-20(26-19)30-18-12-16(22)11-17(23)13-18/h2-7,10-13,24H,8-9H2,1H3,(H,25,27). The molecule has 162 valence electrons. The summed E-state index contributed by atoms with van der Waals surface area (Å²) in [5.74, 6) is 0.201. The van der Waals surface area contributed by atoms with Crippen LogP contribution in [0.1, 0.15) is 10.4 Å². The number of hydrogen-bond donors (Lipinski definition) is 2. The van der Waals surface area contributed by atoms with Gasteiger partial charge in [0.1, 0.15) is 5.75 Å². The molecule has 0 aliphatic heterocycles. The molecule has 0 radical (unpaired) electrons. The van der Waals surface area contributed by atoms with Crippen molar-refractivity contribution in [3.8, 4) is 22.9 Å². The molecule has 0 atom stereocenters. The van der Waals surface area contributed by atoms with Crippen LogP contribution in [0.15, 0.2) is 60.7 Å². The number of amides is 1. The molecule has 1 aromatic heterocycles. The second-order valence-corrected chi connectivity index (χ2v) is 9.35. The van der Waals surface area contributed by atoms with Gasteiger partial charge >= 0.3 is 0 Å². The third kappa shape index (κ3) is 6.67. The van der Waals surface area contributed by atoms with E-state index >= 15 is 0 Å². The molecular weight excluding hydrogens is 461 g/mol. The van der Waals surface area contributed by atoms with Crippen molar-refractivity contribution in [3.05, 3.63) is 76.3 Å². The Balaban J connectivity index is 1.74. The van der Waals surface area contributed by atoms with Gasteiger partial charge in [-0.1, -0.05) is 41.4 Å². The molecule has 3 aromatic rings. The van der Waals surface area contributed by atoms with Crippen molar-refractivity contribution in [1.29, 1.82) is 0 Å². The van der Waals surface area contributed by atoms with Crippen LogP contribution in [-0.2, 0) is 10.0 Å². The summed E-state index contributed by atoms with van der Waals surface area (Å²) in [4.78, 5) is 16.9. The molecule has 1 amide bonds. The molecular formula is C21H19Cl2N3O4S. The molecule has 10 heteroatoms. The highest BCUT2D eigenvalue weighted by Gasteiger charge is 2.11. The SMILES string of the molecule is CNS(=O)(=O)CCNC(=O)c1cccc(-c2cccc(Oc3cc(Cl)cc(Cl)c3)n2)c1. The van der Waals surface area contributed by atoms with E-state index in [2.05, 4.69) is 15.0 Å². The molecule has 7 nitrogen and oxygen atoms in total. The smallest absolute Gasteiger partial charge is 0.251 e. The van der Waals surface area contributed by atoms with Crippen molar-refractivity contribution < 1.29 is 17.9 Å². The first-order valence-electron chi connectivity index (χ1n) is 9.16. The third-order valence-electron chi connectivity index (χ3n) is 4.17. The van der Waals surface area contributed by atoms with Crippen LogP contribution in [0.25, 0.3) is 11.3 Å². The highest BCUT2D eigenvalue weighted by Crippen LogP contribution is 2.29. The molecule has 0 aliphatic rings. The number of pyridine rings is 1. The molecule has 2 aromatic carbocycles. The summed E-state index contributed by atoms with van der Waals surface area (Å²) in [6.07, 6.45) is 0. The Bertz CT molecular complexity index is 1180. The zero-order chi connectivity index (χ0) is 22.4. The number of nitrogens with zero attached hydrogens (tertiary/aromatic N) is 1. The van der Waals surface area contributed by atoms with E-state index in [1.54, 1.807) is 54.6 Å². The number of benzene rings is 2. The quantitative estimate of drug-likeness (QED) is 0.506. The zero-order valence-electron chi connectivity index (χ0n) is 16.4. The lowest BCUT2D eigenvalue weighted by Gasteiger charge is -2.09. The zero-order valence-corrected chi connectivity index (χ0v) is 18.8. The molecule has 2 N–H and O–H groups in total. The van der Waals surface area contributed by atoms with E-state index in [-0.39, 0.29) is 18.2 Å². The monoisotopic (exact) mass is 479 g/mol. The van der Waals surface area contributed by atoms with Crippen LogP contribution in [0.4, 0.5) is 0 Å². The largest absolute Gasteiger partial charge is 0.439 e. The normalized spacial score (nSPS) is 11.2. The van der Waals surface area contributed by atoms with Crippen molar-refractivity contribution in [3.63, 3.8) is 0 Å². The number of carbonyl (C=O) groups is 1. The second kappa shape index (κ2) is 10.1. The lowest BCUT2D eigenvalue weighted by atomic mass is 10.1. The minimum atomic E-state index is -3.39. The van der Waals surface area contributed by atoms with Gasteiger partial charge < -0.3 is 10.1 Å². The van der Waals surface area contributed by atoms with Gasteiger partial charge in [-0.2, -0.15) is 0 Å². The van der Waals surface area contributed by atoms with Gasteiger partial charge in [0.25, 0.3) is 5.91 Å². The summed E-state index contributed by atoms with van der Waals surface area (Å²) in [6, 6.07) is 17.0. The number of hydrogen-bond acceptors (Lipinski definition) is 5. The first kappa shape index (κ1) is 23.0. The maximum absolute atomic E-state index is 12.4. The van der Waals surface area contributed by atoms with Gasteiger partial charge in [0.05, 0.1) is 11.4 Å². The molecule has 31 heavy (non-hydrogen) atoms. The highest BCUT2D eigenvalue weighted by molar-refractivity contribution is 7.89. The van der Waals surface area contributed by atoms with E-state index in [9.17, 15) is 13.2 Å². The van der Waals surface area contributed by atoms with Gasteiger partial charge in [-0.3, -0.25) is 4.79 Å². The number of nitrogens with one attached hydrogen (secondary N) is 2. The van der Waals surface area contributed by atoms with Crippen molar-refractivity contribution in [2.45, 2.75) is 0 Å². The molecule has 1 heterocycles. The summed E-state index contributed by atoms with van der Waals surface area (Å²) in [5, 5.41) is 3.48. The fourth-order valence-electron chi connectivity index (χ4n) is 2.66. The van der Waals surface area contributed by atoms with Crippen molar-refractivity contribution in [1.82, 2.24) is 15.0 Å². The number of sulfonamides is 1. The fourth-order valence-corrected chi connectivity index (χ4v) is 3.74. The topological polar surface area (TPSA) is 97.4 Å². The van der Waals surface area contributed by atoms with Crippen LogP contribution in [0.5, 0.6) is 11.6 Å². The van der Waals surface area contributed by atoms with Gasteiger partial charge in [-0.25, -0.2) is 18.1 Å². The number of carbonyl (C=O) groups excluding carboxylic acids is 1. The number of aromatic nitrogens is 1. The van der Waals surface area contributed by atoms with E-state index < -0.39 is 10.0 Å². The van der Waals surface area contributed by atoms with Crippen molar-refractivity contribution in [2.75, 3.05) is 19.3 Å². The van der Waals surface area contributed by atoms with Crippen molar-refractivity contribution in [2.24, 2.45) is 0 Å². The van der Waals surface area contributed by atoms with E-state index in [0.717, 1.165) is 0 Å². The van der Waals surface area contributed by atoms with Gasteiger partial charge in [0.2, 0.25) is 15.9 Å². The van der Waals surface area contributed by atoms with Crippen LogP contribution < -0.4 is 14.8 Å². The molecule has 0 unspecified atom stereocenters. The molecule has 0 fully saturated rings. The van der Waals surface area contributed by atoms with Crippen LogP contribution in [0.2, 0.25) is 10.0 Å². The van der Waals surface area contributed by atoms with Gasteiger partial charge in [0.15, 0.2) is 0 Å². The maximum Gasteiger partial charge on any atom is 0.251 e. The first-order valence-corrected chi connectivity index (χ1v) is 11.6. The molecule has 0 saturated carbocycles. The van der Waals surface area contributed by atoms with Crippen LogP contribution in [0, 0.1) is 0 Å². The Labute approximate surface area is 190 Å². The third-order valence-corrected chi connectivity index (χ3v) is 5.97. The summed E-state index contributed by atoms with van der Waals surface area (Å²) in [7, 11) is -2.06. The van der Waals surface area contributed by atoms with Crippen LogP contribution in [-0.4, -0.2) is 38.7 Å². The van der Waals surface area contributed by atoms with E-state index in [0.29, 0.717) is 38.5 Å². The second-order valence-electron chi connectivity index (χ2n) is 6.43. The van der Waals surface area contributed by atoms with Gasteiger partial charge in [-0.15, -0.1) is 0 Å². The molecule has 0 spiro atoms. The van der Waals surface area contributed by atoms with E-state index in [1.165, 1.54) is 7.05 Å². The Hall–Kier alpha value is -2.65. The van der Waals surface area contributed by atoms with E-state index in [1.807, 2.05) is 6.07 Å². The maximum atomic E-state index is 12.4. The number of ether oxygens (including phenoxy) is 1. The number of rotatable bonds is 8. The average molecular weight is 480 g/mol. The first-order chi connectivity index (χ1) is 14.8. The van der Waals surface area contributed by atoms with Crippen LogP contribution >= 0.6 is 23.2 Å². The van der Waals surface area contributed by atoms with E-state index in [4.69, 9.17) is 27.9 Å². The predicted octanol–water partition coefficient (Wildman–Crippen LogP) is 4.13. The van der Waals surface area contributed by atoms with Crippen LogP contribution in [0.3, 0.4) is 0 Å². The summed E-state index contributed by atoms with van der Waals surface area (Å²) < 4.78 is 30.9.